The molecule has 1 amide bonds. The highest BCUT2D eigenvalue weighted by molar-refractivity contribution is 9.10. The molecule has 0 saturated heterocycles. The van der Waals surface area contributed by atoms with E-state index in [1.54, 1.807) is 6.20 Å². The molecule has 0 radical (unpaired) electrons. The largest absolute Gasteiger partial charge is 0.384 e. The fourth-order valence-electron chi connectivity index (χ4n) is 3.68. The number of nitrogens with one attached hydrogen (secondary N) is 1. The summed E-state index contributed by atoms with van der Waals surface area (Å²) in [5, 5.41) is 11.7. The zero-order chi connectivity index (χ0) is 18.9. The number of rotatable bonds is 3. The number of carbonyl (C=O) groups is 1. The number of H-pyrrole nitrogens is 1. The Morgan fingerprint density at radius 3 is 2.81 bits per heavy atom. The number of aromatic nitrogens is 5. The number of nitrogens with zero attached hydrogens (tertiary/aromatic N) is 4. The third kappa shape index (κ3) is 2.21. The molecule has 0 unspecified atom stereocenters. The van der Waals surface area contributed by atoms with E-state index in [2.05, 4.69) is 36.3 Å². The lowest BCUT2D eigenvalue weighted by Gasteiger charge is -2.13. The molecule has 0 atom stereocenters. The van der Waals surface area contributed by atoms with Gasteiger partial charge in [-0.25, -0.2) is 0 Å². The molecule has 5 N–H and O–H groups in total. The maximum absolute atomic E-state index is 12.2. The molecule has 1 aliphatic rings. The molecule has 1 aromatic carbocycles. The molecule has 1 saturated carbocycles. The lowest BCUT2D eigenvalue weighted by Crippen LogP contribution is -2.14. The van der Waals surface area contributed by atoms with Gasteiger partial charge in [0.05, 0.1) is 26.9 Å². The molecule has 9 heteroatoms. The summed E-state index contributed by atoms with van der Waals surface area (Å²) in [7, 11) is 0. The van der Waals surface area contributed by atoms with E-state index in [4.69, 9.17) is 11.5 Å². The van der Waals surface area contributed by atoms with Crippen LogP contribution in [0.1, 0.15) is 40.4 Å². The summed E-state index contributed by atoms with van der Waals surface area (Å²) in [6, 6.07) is 3.84. The van der Waals surface area contributed by atoms with Gasteiger partial charge in [-0.05, 0) is 47.3 Å². The van der Waals surface area contributed by atoms with E-state index in [1.807, 2.05) is 23.6 Å². The highest BCUT2D eigenvalue weighted by atomic mass is 79.9. The highest BCUT2D eigenvalue weighted by Gasteiger charge is 2.31. The SMILES string of the molecule is Cc1ccc2n[nH]nc2c1-n1c(N)c(C(N)=O)c2cnc(C3CC3)c(Br)c21. The summed E-state index contributed by atoms with van der Waals surface area (Å²) >= 11 is 3.71. The maximum atomic E-state index is 12.2. The second-order valence-electron chi connectivity index (χ2n) is 6.88. The van der Waals surface area contributed by atoms with Crippen LogP contribution in [0, 0.1) is 6.92 Å². The van der Waals surface area contributed by atoms with Crippen molar-refractivity contribution in [3.05, 3.63) is 39.6 Å². The Hall–Kier alpha value is -2.94. The molecule has 0 bridgehead atoms. The van der Waals surface area contributed by atoms with Crippen LogP contribution in [0.15, 0.2) is 22.8 Å². The Morgan fingerprint density at radius 2 is 2.11 bits per heavy atom. The number of anilines is 1. The average Bonchev–Trinajstić information content (AvgIpc) is 3.27. The second-order valence-corrected chi connectivity index (χ2v) is 7.67. The van der Waals surface area contributed by atoms with Crippen LogP contribution in [0.3, 0.4) is 0 Å². The third-order valence-corrected chi connectivity index (χ3v) is 5.89. The van der Waals surface area contributed by atoms with Crippen LogP contribution in [0.2, 0.25) is 0 Å². The lowest BCUT2D eigenvalue weighted by molar-refractivity contribution is 0.100. The molecule has 8 nitrogen and oxygen atoms in total. The van der Waals surface area contributed by atoms with E-state index in [0.717, 1.165) is 39.8 Å². The van der Waals surface area contributed by atoms with Gasteiger partial charge in [-0.1, -0.05) is 6.07 Å². The number of halogens is 1. The van der Waals surface area contributed by atoms with Crippen LogP contribution >= 0.6 is 15.9 Å². The van der Waals surface area contributed by atoms with Crippen molar-refractivity contribution >= 4 is 49.6 Å². The molecule has 0 aliphatic heterocycles. The molecule has 4 aromatic rings. The quantitative estimate of drug-likeness (QED) is 0.464. The number of amides is 1. The molecule has 5 rings (SSSR count). The molecule has 1 aliphatic carbocycles. The van der Waals surface area contributed by atoms with Gasteiger partial charge in [0.1, 0.15) is 16.9 Å². The molecule has 1 fully saturated rings. The Bertz CT molecular complexity index is 1250. The summed E-state index contributed by atoms with van der Waals surface area (Å²) in [6.45, 7) is 1.97. The first-order chi connectivity index (χ1) is 13.0. The van der Waals surface area contributed by atoms with E-state index in [1.165, 1.54) is 0 Å². The van der Waals surface area contributed by atoms with E-state index in [-0.39, 0.29) is 11.4 Å². The van der Waals surface area contributed by atoms with Crippen molar-refractivity contribution in [1.29, 1.82) is 0 Å². The number of aromatic amines is 1. The average molecular weight is 426 g/mol. The predicted molar refractivity (Wildman–Crippen MR) is 106 cm³/mol. The molecule has 3 aromatic heterocycles. The normalized spacial score (nSPS) is 14.3. The van der Waals surface area contributed by atoms with Gasteiger partial charge in [0, 0.05) is 17.5 Å². The number of primary amides is 1. The molecule has 0 spiro atoms. The summed E-state index contributed by atoms with van der Waals surface area (Å²) < 4.78 is 2.68. The molecule has 3 heterocycles. The number of nitrogens with two attached hydrogens (primary N) is 2. The Labute approximate surface area is 162 Å². The van der Waals surface area contributed by atoms with Crippen LogP contribution in [-0.4, -0.2) is 30.9 Å². The van der Waals surface area contributed by atoms with Crippen molar-refractivity contribution in [2.45, 2.75) is 25.7 Å². The first kappa shape index (κ1) is 16.2. The second kappa shape index (κ2) is 5.53. The van der Waals surface area contributed by atoms with Gasteiger partial charge in [0.2, 0.25) is 0 Å². The van der Waals surface area contributed by atoms with Crippen molar-refractivity contribution in [2.24, 2.45) is 5.73 Å². The van der Waals surface area contributed by atoms with Crippen molar-refractivity contribution in [1.82, 2.24) is 25.0 Å². The minimum Gasteiger partial charge on any atom is -0.384 e. The summed E-state index contributed by atoms with van der Waals surface area (Å²) in [6.07, 6.45) is 3.90. The Balaban J connectivity index is 1.98. The number of aryl methyl sites for hydroxylation is 1. The Kier molecular flexibility index (Phi) is 3.33. The maximum Gasteiger partial charge on any atom is 0.253 e. The van der Waals surface area contributed by atoms with Crippen LogP contribution in [0.25, 0.3) is 27.6 Å². The van der Waals surface area contributed by atoms with Gasteiger partial charge in [0.25, 0.3) is 5.91 Å². The highest BCUT2D eigenvalue weighted by Crippen LogP contribution is 2.46. The molecule has 27 heavy (non-hydrogen) atoms. The van der Waals surface area contributed by atoms with Gasteiger partial charge >= 0.3 is 0 Å². The van der Waals surface area contributed by atoms with Crippen LogP contribution in [0.5, 0.6) is 0 Å². The fourth-order valence-corrected chi connectivity index (χ4v) is 4.49. The topological polar surface area (TPSA) is 128 Å². The summed E-state index contributed by atoms with van der Waals surface area (Å²) in [5.41, 5.74) is 17.2. The lowest BCUT2D eigenvalue weighted by atomic mass is 10.1. The number of benzene rings is 1. The summed E-state index contributed by atoms with van der Waals surface area (Å²) in [5.74, 6) is 0.106. The van der Waals surface area contributed by atoms with E-state index < -0.39 is 5.91 Å². The minimum absolute atomic E-state index is 0.264. The van der Waals surface area contributed by atoms with Gasteiger partial charge in [-0.3, -0.25) is 14.3 Å². The predicted octanol–water partition coefficient (Wildman–Crippen LogP) is 2.93. The van der Waals surface area contributed by atoms with E-state index >= 15 is 0 Å². The standard InChI is InChI=1S/C18H16BrN7O/c1-7-2-5-10-14(24-25-23-10)15(7)26-16-9(11(17(26)20)18(21)27)6-22-13(12(16)19)8-3-4-8/h2,5-6,8H,3-4,20H2,1H3,(H2,21,27)(H,23,24,25). The number of fused-ring (bicyclic) bond motifs is 2. The first-order valence-corrected chi connectivity index (χ1v) is 9.37. The molecule has 136 valence electrons. The number of carbonyl (C=O) groups excluding carboxylic acids is 1. The number of hydrogen-bond acceptors (Lipinski definition) is 5. The van der Waals surface area contributed by atoms with Crippen molar-refractivity contribution in [2.75, 3.05) is 5.73 Å². The smallest absolute Gasteiger partial charge is 0.253 e. The van der Waals surface area contributed by atoms with Gasteiger partial charge < -0.3 is 11.5 Å². The monoisotopic (exact) mass is 425 g/mol. The minimum atomic E-state index is -0.589. The summed E-state index contributed by atoms with van der Waals surface area (Å²) in [4.78, 5) is 16.7. The first-order valence-electron chi connectivity index (χ1n) is 8.57. The molecular formula is C18H16BrN7O. The number of nitrogen functional groups attached to an aromatic ring is 1. The zero-order valence-electron chi connectivity index (χ0n) is 14.5. The van der Waals surface area contributed by atoms with Crippen molar-refractivity contribution in [3.63, 3.8) is 0 Å². The van der Waals surface area contributed by atoms with Gasteiger partial charge in [-0.2, -0.15) is 15.4 Å². The van der Waals surface area contributed by atoms with E-state index in [0.29, 0.717) is 22.3 Å². The van der Waals surface area contributed by atoms with Crippen molar-refractivity contribution < 1.29 is 4.79 Å². The number of pyridine rings is 1. The van der Waals surface area contributed by atoms with Gasteiger partial charge in [-0.15, -0.1) is 0 Å². The molecular weight excluding hydrogens is 410 g/mol. The zero-order valence-corrected chi connectivity index (χ0v) is 16.0. The van der Waals surface area contributed by atoms with Crippen LogP contribution in [0.4, 0.5) is 5.82 Å². The van der Waals surface area contributed by atoms with Crippen molar-refractivity contribution in [3.8, 4) is 5.69 Å². The Morgan fingerprint density at radius 1 is 1.33 bits per heavy atom. The number of hydrogen-bond donors (Lipinski definition) is 3. The fraction of sp³-hybridized carbons (Fsp3) is 0.222. The van der Waals surface area contributed by atoms with E-state index in [9.17, 15) is 4.79 Å². The van der Waals surface area contributed by atoms with Gasteiger partial charge in [0.15, 0.2) is 0 Å². The van der Waals surface area contributed by atoms with Crippen LogP contribution < -0.4 is 11.5 Å². The van der Waals surface area contributed by atoms with Crippen LogP contribution in [-0.2, 0) is 0 Å². The third-order valence-electron chi connectivity index (χ3n) is 5.11.